The average molecular weight is 287 g/mol. The molecule has 1 aromatic carbocycles. The molecule has 0 aromatic heterocycles. The van der Waals surface area contributed by atoms with Gasteiger partial charge in [-0.3, -0.25) is 15.0 Å². The first-order valence-electron chi connectivity index (χ1n) is 4.64. The number of amides is 3. The van der Waals surface area contributed by atoms with E-state index in [4.69, 9.17) is 0 Å². The van der Waals surface area contributed by atoms with Gasteiger partial charge >= 0.3 is 6.03 Å². The zero-order chi connectivity index (χ0) is 11.7. The minimum absolute atomic E-state index is 0.174. The molecule has 2 rings (SSSR count). The Kier molecular flexibility index (Phi) is 2.91. The largest absolute Gasteiger partial charge is 0.328 e. The molecule has 1 aliphatic rings. The van der Waals surface area contributed by atoms with E-state index in [0.29, 0.717) is 4.47 Å². The lowest BCUT2D eigenvalue weighted by Crippen LogP contribution is -2.49. The second-order valence-electron chi connectivity index (χ2n) is 3.35. The number of hydrogen-bond acceptors (Lipinski definition) is 2. The summed E-state index contributed by atoms with van der Waals surface area (Å²) in [7, 11) is 0. The van der Waals surface area contributed by atoms with Gasteiger partial charge in [0.1, 0.15) is 5.82 Å². The number of carbonyl (C=O) groups is 2. The van der Waals surface area contributed by atoms with Crippen molar-refractivity contribution in [2.24, 2.45) is 0 Å². The third kappa shape index (κ3) is 2.06. The summed E-state index contributed by atoms with van der Waals surface area (Å²) in [6.45, 7) is 0.198. The number of nitrogens with one attached hydrogen (secondary N) is 1. The van der Waals surface area contributed by atoms with E-state index >= 15 is 0 Å². The number of benzene rings is 1. The van der Waals surface area contributed by atoms with E-state index in [9.17, 15) is 14.0 Å². The van der Waals surface area contributed by atoms with Crippen molar-refractivity contribution in [1.82, 2.24) is 5.32 Å². The van der Waals surface area contributed by atoms with Gasteiger partial charge in [-0.05, 0) is 18.2 Å². The highest BCUT2D eigenvalue weighted by atomic mass is 79.9. The molecule has 1 aromatic rings. The van der Waals surface area contributed by atoms with Crippen LogP contribution in [0.4, 0.5) is 14.9 Å². The van der Waals surface area contributed by atoms with Crippen molar-refractivity contribution >= 4 is 33.6 Å². The van der Waals surface area contributed by atoms with Gasteiger partial charge in [0, 0.05) is 17.4 Å². The summed E-state index contributed by atoms with van der Waals surface area (Å²) in [5.41, 5.74) is 0.174. The number of nitrogens with zero attached hydrogens (tertiary/aromatic N) is 1. The van der Waals surface area contributed by atoms with Crippen molar-refractivity contribution in [3.05, 3.63) is 28.5 Å². The fourth-order valence-electron chi connectivity index (χ4n) is 1.49. The lowest BCUT2D eigenvalue weighted by molar-refractivity contribution is -0.120. The molecule has 0 aliphatic carbocycles. The number of halogens is 2. The first-order valence-corrected chi connectivity index (χ1v) is 5.43. The van der Waals surface area contributed by atoms with E-state index in [2.05, 4.69) is 21.2 Å². The van der Waals surface area contributed by atoms with E-state index in [1.165, 1.54) is 17.0 Å². The van der Waals surface area contributed by atoms with Gasteiger partial charge in [-0.25, -0.2) is 9.18 Å². The molecule has 0 radical (unpaired) electrons. The van der Waals surface area contributed by atoms with Crippen LogP contribution in [0.1, 0.15) is 6.42 Å². The van der Waals surface area contributed by atoms with Crippen LogP contribution in [0.2, 0.25) is 0 Å². The highest BCUT2D eigenvalue weighted by molar-refractivity contribution is 9.10. The van der Waals surface area contributed by atoms with Gasteiger partial charge in [0.05, 0.1) is 5.69 Å². The van der Waals surface area contributed by atoms with Crippen molar-refractivity contribution < 1.29 is 14.0 Å². The van der Waals surface area contributed by atoms with Gasteiger partial charge in [0.2, 0.25) is 5.91 Å². The molecule has 6 heteroatoms. The number of imide groups is 1. The Morgan fingerprint density at radius 1 is 1.38 bits per heavy atom. The van der Waals surface area contributed by atoms with Crippen LogP contribution in [0, 0.1) is 5.82 Å². The average Bonchev–Trinajstić information content (AvgIpc) is 2.19. The van der Waals surface area contributed by atoms with Crippen molar-refractivity contribution in [2.45, 2.75) is 6.42 Å². The van der Waals surface area contributed by atoms with Crippen LogP contribution in [0.25, 0.3) is 0 Å². The minimum atomic E-state index is -0.586. The second-order valence-corrected chi connectivity index (χ2v) is 4.27. The molecule has 0 spiro atoms. The molecule has 0 bridgehead atoms. The third-order valence-corrected chi connectivity index (χ3v) is 2.75. The Balaban J connectivity index is 2.30. The van der Waals surface area contributed by atoms with E-state index in [0.717, 1.165) is 0 Å². The van der Waals surface area contributed by atoms with E-state index in [1.54, 1.807) is 6.07 Å². The molecule has 0 saturated carbocycles. The molecule has 0 atom stereocenters. The quantitative estimate of drug-likeness (QED) is 0.859. The standard InChI is InChI=1S/C10H8BrFN2O2/c11-6-1-2-8(7(12)5-6)14-4-3-9(15)13-10(14)16/h1-2,5H,3-4H2,(H,13,15,16). The number of rotatable bonds is 1. The first kappa shape index (κ1) is 11.1. The Morgan fingerprint density at radius 3 is 2.75 bits per heavy atom. The minimum Gasteiger partial charge on any atom is -0.291 e. The molecule has 1 N–H and O–H groups in total. The molecule has 0 unspecified atom stereocenters. The van der Waals surface area contributed by atoms with Crippen LogP contribution >= 0.6 is 15.9 Å². The van der Waals surface area contributed by atoms with Gasteiger partial charge in [0.15, 0.2) is 0 Å². The molecular formula is C10H8BrFN2O2. The van der Waals surface area contributed by atoms with E-state index < -0.39 is 11.8 Å². The molecule has 1 heterocycles. The van der Waals surface area contributed by atoms with Gasteiger partial charge in [-0.15, -0.1) is 0 Å². The fourth-order valence-corrected chi connectivity index (χ4v) is 1.83. The smallest absolute Gasteiger partial charge is 0.291 e. The highest BCUT2D eigenvalue weighted by Crippen LogP contribution is 2.24. The fraction of sp³-hybridized carbons (Fsp3) is 0.200. The Labute approximate surface area is 99.6 Å². The van der Waals surface area contributed by atoms with Crippen LogP contribution in [0.15, 0.2) is 22.7 Å². The van der Waals surface area contributed by atoms with Gasteiger partial charge in [-0.2, -0.15) is 0 Å². The van der Waals surface area contributed by atoms with Gasteiger partial charge in [0.25, 0.3) is 0 Å². The SMILES string of the molecule is O=C1CCN(c2ccc(Br)cc2F)C(=O)N1. The number of anilines is 1. The molecular weight excluding hydrogens is 279 g/mol. The van der Waals surface area contributed by atoms with Crippen LogP contribution in [-0.2, 0) is 4.79 Å². The first-order chi connectivity index (χ1) is 7.58. The van der Waals surface area contributed by atoms with Crippen molar-refractivity contribution in [1.29, 1.82) is 0 Å². The van der Waals surface area contributed by atoms with Gasteiger partial charge in [-0.1, -0.05) is 15.9 Å². The predicted octanol–water partition coefficient (Wildman–Crippen LogP) is 2.03. The zero-order valence-corrected chi connectivity index (χ0v) is 9.75. The van der Waals surface area contributed by atoms with Gasteiger partial charge < -0.3 is 0 Å². The number of carbonyl (C=O) groups excluding carboxylic acids is 2. The predicted molar refractivity (Wildman–Crippen MR) is 59.6 cm³/mol. The molecule has 4 nitrogen and oxygen atoms in total. The van der Waals surface area contributed by atoms with Crippen LogP contribution in [0.3, 0.4) is 0 Å². The lowest BCUT2D eigenvalue weighted by atomic mass is 10.2. The zero-order valence-electron chi connectivity index (χ0n) is 8.17. The topological polar surface area (TPSA) is 49.4 Å². The maximum Gasteiger partial charge on any atom is 0.328 e. The van der Waals surface area contributed by atoms with Crippen molar-refractivity contribution in [3.63, 3.8) is 0 Å². The Bertz CT molecular complexity index is 464. The van der Waals surface area contributed by atoms with Crippen LogP contribution in [0.5, 0.6) is 0 Å². The number of hydrogen-bond donors (Lipinski definition) is 1. The maximum absolute atomic E-state index is 13.6. The summed E-state index contributed by atoms with van der Waals surface area (Å²) in [5.74, 6) is -0.836. The number of urea groups is 1. The Hall–Kier alpha value is -1.43. The summed E-state index contributed by atoms with van der Waals surface area (Å²) in [4.78, 5) is 23.6. The molecule has 3 amide bonds. The van der Waals surface area contributed by atoms with Crippen LogP contribution < -0.4 is 10.2 Å². The normalized spacial score (nSPS) is 16.2. The van der Waals surface area contributed by atoms with Crippen LogP contribution in [-0.4, -0.2) is 18.5 Å². The van der Waals surface area contributed by atoms with Crippen molar-refractivity contribution in [3.8, 4) is 0 Å². The van der Waals surface area contributed by atoms with Crippen molar-refractivity contribution in [2.75, 3.05) is 11.4 Å². The summed E-state index contributed by atoms with van der Waals surface area (Å²) >= 11 is 3.13. The third-order valence-electron chi connectivity index (χ3n) is 2.25. The molecule has 1 fully saturated rings. The van der Waals surface area contributed by atoms with E-state index in [1.807, 2.05) is 0 Å². The summed E-state index contributed by atoms with van der Waals surface area (Å²) < 4.78 is 14.2. The monoisotopic (exact) mass is 286 g/mol. The van der Waals surface area contributed by atoms with E-state index in [-0.39, 0.29) is 24.6 Å². The summed E-state index contributed by atoms with van der Waals surface area (Å²) in [6.07, 6.45) is 0.182. The molecule has 1 saturated heterocycles. The second kappa shape index (κ2) is 4.21. The highest BCUT2D eigenvalue weighted by Gasteiger charge is 2.25. The summed E-state index contributed by atoms with van der Waals surface area (Å²) in [6, 6.07) is 3.83. The lowest BCUT2D eigenvalue weighted by Gasteiger charge is -2.26. The summed E-state index contributed by atoms with van der Waals surface area (Å²) in [5, 5.41) is 2.14. The molecule has 84 valence electrons. The molecule has 1 aliphatic heterocycles. The Morgan fingerprint density at radius 2 is 2.12 bits per heavy atom. The maximum atomic E-state index is 13.6. The molecule has 16 heavy (non-hydrogen) atoms.